The van der Waals surface area contributed by atoms with E-state index in [4.69, 9.17) is 18.9 Å². The highest BCUT2D eigenvalue weighted by Crippen LogP contribution is 2.40. The molecule has 0 aliphatic rings. The van der Waals surface area contributed by atoms with Crippen LogP contribution < -0.4 is 19.5 Å². The molecule has 1 atom stereocenters. The molecule has 0 aliphatic heterocycles. The lowest BCUT2D eigenvalue weighted by molar-refractivity contribution is -0.129. The molecule has 0 aromatic heterocycles. The van der Waals surface area contributed by atoms with Gasteiger partial charge < -0.3 is 24.3 Å². The number of esters is 1. The maximum atomic E-state index is 12.5. The molecule has 7 heteroatoms. The van der Waals surface area contributed by atoms with Crippen LogP contribution in [0.1, 0.15) is 22.8 Å². The zero-order chi connectivity index (χ0) is 19.8. The van der Waals surface area contributed by atoms with Crippen molar-refractivity contribution < 1.29 is 28.5 Å². The van der Waals surface area contributed by atoms with Gasteiger partial charge in [0.1, 0.15) is 5.56 Å². The molecule has 0 fully saturated rings. The van der Waals surface area contributed by atoms with Gasteiger partial charge in [0.25, 0.3) is 5.91 Å². The van der Waals surface area contributed by atoms with Gasteiger partial charge in [-0.2, -0.15) is 0 Å². The predicted molar refractivity (Wildman–Crippen MR) is 99.3 cm³/mol. The van der Waals surface area contributed by atoms with E-state index in [0.717, 1.165) is 5.56 Å². The standard InChI is InChI=1S/C20H23NO6/c1-13(19(22)21-12-14-8-6-5-7-9-14)27-20(23)15-10-11-16(24-2)18(26-4)17(15)25-3/h5-11,13H,12H2,1-4H3,(H,21,22)/t13-/m1/s1. The van der Waals surface area contributed by atoms with Gasteiger partial charge in [-0.05, 0) is 24.6 Å². The van der Waals surface area contributed by atoms with E-state index in [1.807, 2.05) is 30.3 Å². The molecule has 0 bridgehead atoms. The number of carbonyl (C=O) groups is 2. The van der Waals surface area contributed by atoms with E-state index in [1.165, 1.54) is 34.3 Å². The van der Waals surface area contributed by atoms with Gasteiger partial charge in [-0.15, -0.1) is 0 Å². The van der Waals surface area contributed by atoms with Crippen LogP contribution in [-0.2, 0) is 16.1 Å². The quantitative estimate of drug-likeness (QED) is 0.716. The third-order valence-corrected chi connectivity index (χ3v) is 3.89. The number of hydrogen-bond donors (Lipinski definition) is 1. The van der Waals surface area contributed by atoms with Gasteiger partial charge in [0.2, 0.25) is 5.75 Å². The van der Waals surface area contributed by atoms with Crippen LogP contribution in [0.2, 0.25) is 0 Å². The van der Waals surface area contributed by atoms with Gasteiger partial charge in [0, 0.05) is 6.54 Å². The molecular weight excluding hydrogens is 350 g/mol. The van der Waals surface area contributed by atoms with Crippen LogP contribution in [0.15, 0.2) is 42.5 Å². The fourth-order valence-electron chi connectivity index (χ4n) is 2.47. The summed E-state index contributed by atoms with van der Waals surface area (Å²) in [4.78, 5) is 24.7. The van der Waals surface area contributed by atoms with Gasteiger partial charge in [-0.25, -0.2) is 4.79 Å². The second kappa shape index (κ2) is 9.47. The third-order valence-electron chi connectivity index (χ3n) is 3.89. The summed E-state index contributed by atoms with van der Waals surface area (Å²) in [5.74, 6) is -0.226. The zero-order valence-corrected chi connectivity index (χ0v) is 15.8. The van der Waals surface area contributed by atoms with Gasteiger partial charge in [-0.1, -0.05) is 30.3 Å². The lowest BCUT2D eigenvalue weighted by atomic mass is 10.1. The molecule has 7 nitrogen and oxygen atoms in total. The fraction of sp³-hybridized carbons (Fsp3) is 0.300. The molecule has 2 aromatic rings. The molecular formula is C20H23NO6. The molecule has 0 saturated carbocycles. The minimum absolute atomic E-state index is 0.137. The van der Waals surface area contributed by atoms with E-state index in [1.54, 1.807) is 6.07 Å². The van der Waals surface area contributed by atoms with Crippen LogP contribution in [0.5, 0.6) is 17.2 Å². The Morgan fingerprint density at radius 3 is 2.19 bits per heavy atom. The number of nitrogens with one attached hydrogen (secondary N) is 1. The molecule has 0 radical (unpaired) electrons. The number of rotatable bonds is 8. The first-order valence-corrected chi connectivity index (χ1v) is 8.33. The van der Waals surface area contributed by atoms with Crippen LogP contribution in [0.3, 0.4) is 0 Å². The van der Waals surface area contributed by atoms with Crippen LogP contribution >= 0.6 is 0 Å². The largest absolute Gasteiger partial charge is 0.493 e. The Hall–Kier alpha value is -3.22. The van der Waals surface area contributed by atoms with E-state index in [0.29, 0.717) is 12.3 Å². The number of ether oxygens (including phenoxy) is 4. The highest BCUT2D eigenvalue weighted by Gasteiger charge is 2.25. The lowest BCUT2D eigenvalue weighted by Gasteiger charge is -2.17. The van der Waals surface area contributed by atoms with Gasteiger partial charge in [0.15, 0.2) is 17.6 Å². The maximum Gasteiger partial charge on any atom is 0.342 e. The number of hydrogen-bond acceptors (Lipinski definition) is 6. The summed E-state index contributed by atoms with van der Waals surface area (Å²) < 4.78 is 21.0. The number of amides is 1. The van der Waals surface area contributed by atoms with E-state index < -0.39 is 18.0 Å². The first kappa shape index (κ1) is 20.1. The molecule has 0 aliphatic carbocycles. The SMILES string of the molecule is COc1ccc(C(=O)O[C@H](C)C(=O)NCc2ccccc2)c(OC)c1OC. The summed E-state index contributed by atoms with van der Waals surface area (Å²) in [6.45, 7) is 1.85. The van der Waals surface area contributed by atoms with Crippen LogP contribution in [0.4, 0.5) is 0 Å². The van der Waals surface area contributed by atoms with Crippen molar-refractivity contribution in [2.24, 2.45) is 0 Å². The number of carbonyl (C=O) groups excluding carboxylic acids is 2. The minimum atomic E-state index is -0.973. The van der Waals surface area contributed by atoms with Crippen molar-refractivity contribution in [3.63, 3.8) is 0 Å². The normalized spacial score (nSPS) is 11.3. The van der Waals surface area contributed by atoms with Crippen molar-refractivity contribution >= 4 is 11.9 Å². The van der Waals surface area contributed by atoms with Crippen molar-refractivity contribution in [3.8, 4) is 17.2 Å². The topological polar surface area (TPSA) is 83.1 Å². The van der Waals surface area contributed by atoms with Gasteiger partial charge in [0.05, 0.1) is 21.3 Å². The zero-order valence-electron chi connectivity index (χ0n) is 15.8. The molecule has 27 heavy (non-hydrogen) atoms. The first-order valence-electron chi connectivity index (χ1n) is 8.33. The van der Waals surface area contributed by atoms with Crippen LogP contribution in [0.25, 0.3) is 0 Å². The van der Waals surface area contributed by atoms with Crippen molar-refractivity contribution in [2.45, 2.75) is 19.6 Å². The second-order valence-corrected chi connectivity index (χ2v) is 5.63. The van der Waals surface area contributed by atoms with Crippen LogP contribution in [-0.4, -0.2) is 39.3 Å². The Balaban J connectivity index is 2.06. The summed E-state index contributed by atoms with van der Waals surface area (Å²) in [5.41, 5.74) is 1.09. The molecule has 1 amide bonds. The molecule has 144 valence electrons. The Morgan fingerprint density at radius 1 is 0.926 bits per heavy atom. The van der Waals surface area contributed by atoms with Crippen molar-refractivity contribution in [1.82, 2.24) is 5.32 Å². The highest BCUT2D eigenvalue weighted by molar-refractivity contribution is 5.96. The van der Waals surface area contributed by atoms with E-state index in [9.17, 15) is 9.59 Å². The molecule has 1 N–H and O–H groups in total. The first-order chi connectivity index (χ1) is 13.0. The Morgan fingerprint density at radius 2 is 1.59 bits per heavy atom. The summed E-state index contributed by atoms with van der Waals surface area (Å²) in [7, 11) is 4.33. The fourth-order valence-corrected chi connectivity index (χ4v) is 2.47. The van der Waals surface area contributed by atoms with E-state index in [2.05, 4.69) is 5.32 Å². The highest BCUT2D eigenvalue weighted by atomic mass is 16.6. The van der Waals surface area contributed by atoms with Crippen molar-refractivity contribution in [1.29, 1.82) is 0 Å². The van der Waals surface area contributed by atoms with Crippen LogP contribution in [0, 0.1) is 0 Å². The molecule has 2 aromatic carbocycles. The monoisotopic (exact) mass is 373 g/mol. The van der Waals surface area contributed by atoms with Crippen molar-refractivity contribution in [2.75, 3.05) is 21.3 Å². The average molecular weight is 373 g/mol. The Bertz CT molecular complexity index is 791. The molecule has 0 unspecified atom stereocenters. The number of methoxy groups -OCH3 is 3. The molecule has 0 spiro atoms. The van der Waals surface area contributed by atoms with E-state index in [-0.39, 0.29) is 17.1 Å². The molecule has 0 heterocycles. The Labute approximate surface area is 158 Å². The second-order valence-electron chi connectivity index (χ2n) is 5.63. The summed E-state index contributed by atoms with van der Waals surface area (Å²) >= 11 is 0. The molecule has 0 saturated heterocycles. The summed E-state index contributed by atoms with van der Waals surface area (Å²) in [6.07, 6.45) is -0.973. The Kier molecular flexibility index (Phi) is 7.05. The van der Waals surface area contributed by atoms with Crippen molar-refractivity contribution in [3.05, 3.63) is 53.6 Å². The third kappa shape index (κ3) is 4.91. The predicted octanol–water partition coefficient (Wildman–Crippen LogP) is 2.57. The van der Waals surface area contributed by atoms with E-state index >= 15 is 0 Å². The lowest BCUT2D eigenvalue weighted by Crippen LogP contribution is -2.35. The van der Waals surface area contributed by atoms with Gasteiger partial charge >= 0.3 is 5.97 Å². The minimum Gasteiger partial charge on any atom is -0.493 e. The number of benzene rings is 2. The molecule has 2 rings (SSSR count). The maximum absolute atomic E-state index is 12.5. The van der Waals surface area contributed by atoms with Gasteiger partial charge in [-0.3, -0.25) is 4.79 Å². The smallest absolute Gasteiger partial charge is 0.342 e. The summed E-state index contributed by atoms with van der Waals surface area (Å²) in [6, 6.07) is 12.5. The summed E-state index contributed by atoms with van der Waals surface area (Å²) in [5, 5.41) is 2.73. The average Bonchev–Trinajstić information content (AvgIpc) is 2.71.